The maximum absolute atomic E-state index is 13.7. The fourth-order valence-electron chi connectivity index (χ4n) is 1.93. The summed E-state index contributed by atoms with van der Waals surface area (Å²) in [6, 6.07) is 8.11. The summed E-state index contributed by atoms with van der Waals surface area (Å²) in [6.45, 7) is 6.47. The fraction of sp³-hybridized carbons (Fsp3) is 0.375. The minimum absolute atomic E-state index is 0.0741. The van der Waals surface area contributed by atoms with Crippen LogP contribution in [-0.2, 0) is 11.8 Å². The van der Waals surface area contributed by atoms with E-state index < -0.39 is 11.6 Å². The zero-order valence-electron chi connectivity index (χ0n) is 11.7. The van der Waals surface area contributed by atoms with Crippen LogP contribution in [-0.4, -0.2) is 0 Å². The quantitative estimate of drug-likeness (QED) is 0.590. The lowest BCUT2D eigenvalue weighted by Crippen LogP contribution is -2.07. The predicted octanol–water partition coefficient (Wildman–Crippen LogP) is 6.00. The molecule has 0 spiro atoms. The number of hydrogen-bond donors (Lipinski definition) is 0. The summed E-state index contributed by atoms with van der Waals surface area (Å²) in [5.74, 6) is -0.968. The standard InChI is InChI=1S/C16H17BrF2S/c1-16(2,3)15-8-7-14(20-15)11(17)9-10-12(18)5-4-6-13(10)19/h4-8,11H,9H2,1-3H3. The number of hydrogen-bond acceptors (Lipinski definition) is 1. The monoisotopic (exact) mass is 358 g/mol. The van der Waals surface area contributed by atoms with Crippen molar-refractivity contribution in [3.63, 3.8) is 0 Å². The summed E-state index contributed by atoms with van der Waals surface area (Å²) >= 11 is 5.24. The number of rotatable bonds is 3. The van der Waals surface area contributed by atoms with E-state index in [2.05, 4.69) is 42.8 Å². The molecule has 0 saturated heterocycles. The summed E-state index contributed by atoms with van der Waals surface area (Å²) < 4.78 is 27.3. The highest BCUT2D eigenvalue weighted by molar-refractivity contribution is 9.09. The molecular weight excluding hydrogens is 342 g/mol. The Hall–Kier alpha value is -0.740. The molecule has 0 bridgehead atoms. The third-order valence-corrected chi connectivity index (χ3v) is 5.86. The number of alkyl halides is 1. The van der Waals surface area contributed by atoms with Crippen LogP contribution in [0.15, 0.2) is 30.3 Å². The first-order valence-electron chi connectivity index (χ1n) is 6.46. The first kappa shape index (κ1) is 15.6. The normalized spacial score (nSPS) is 13.5. The molecule has 108 valence electrons. The van der Waals surface area contributed by atoms with Gasteiger partial charge in [0.25, 0.3) is 0 Å². The van der Waals surface area contributed by atoms with E-state index in [-0.39, 0.29) is 15.8 Å². The summed E-state index contributed by atoms with van der Waals surface area (Å²) in [7, 11) is 0. The number of thiophene rings is 1. The second kappa shape index (κ2) is 5.94. The van der Waals surface area contributed by atoms with E-state index in [1.54, 1.807) is 11.3 Å². The highest BCUT2D eigenvalue weighted by Gasteiger charge is 2.20. The highest BCUT2D eigenvalue weighted by Crippen LogP contribution is 2.37. The Kier molecular flexibility index (Phi) is 4.65. The van der Waals surface area contributed by atoms with Crippen LogP contribution in [0, 0.1) is 11.6 Å². The Morgan fingerprint density at radius 3 is 2.20 bits per heavy atom. The summed E-state index contributed by atoms with van der Waals surface area (Å²) in [4.78, 5) is 2.29. The van der Waals surface area contributed by atoms with Gasteiger partial charge in [-0.2, -0.15) is 0 Å². The molecule has 0 radical (unpaired) electrons. The molecule has 0 fully saturated rings. The van der Waals surface area contributed by atoms with Crippen molar-refractivity contribution in [2.45, 2.75) is 37.4 Å². The lowest BCUT2D eigenvalue weighted by Gasteiger charge is -2.15. The van der Waals surface area contributed by atoms with Crippen LogP contribution in [0.5, 0.6) is 0 Å². The van der Waals surface area contributed by atoms with Crippen molar-refractivity contribution in [1.82, 2.24) is 0 Å². The lowest BCUT2D eigenvalue weighted by atomic mass is 9.95. The third-order valence-electron chi connectivity index (χ3n) is 3.12. The lowest BCUT2D eigenvalue weighted by molar-refractivity contribution is 0.554. The Balaban J connectivity index is 2.20. The number of benzene rings is 1. The van der Waals surface area contributed by atoms with Crippen molar-refractivity contribution in [3.05, 3.63) is 57.3 Å². The maximum Gasteiger partial charge on any atom is 0.129 e. The van der Waals surface area contributed by atoms with E-state index in [1.165, 1.54) is 23.1 Å². The fourth-order valence-corrected chi connectivity index (χ4v) is 3.73. The number of halogens is 3. The van der Waals surface area contributed by atoms with Crippen LogP contribution in [0.2, 0.25) is 0 Å². The van der Waals surface area contributed by atoms with E-state index >= 15 is 0 Å². The zero-order chi connectivity index (χ0) is 14.9. The smallest absolute Gasteiger partial charge is 0.129 e. The zero-order valence-corrected chi connectivity index (χ0v) is 14.1. The average Bonchev–Trinajstić information content (AvgIpc) is 2.83. The largest absolute Gasteiger partial charge is 0.207 e. The highest BCUT2D eigenvalue weighted by atomic mass is 79.9. The molecule has 0 aliphatic rings. The molecule has 20 heavy (non-hydrogen) atoms. The summed E-state index contributed by atoms with van der Waals surface area (Å²) in [6.07, 6.45) is 0.308. The molecule has 0 aliphatic carbocycles. The first-order chi connectivity index (χ1) is 9.29. The SMILES string of the molecule is CC(C)(C)c1ccc(C(Br)Cc2c(F)cccc2F)s1. The Morgan fingerprint density at radius 2 is 1.70 bits per heavy atom. The molecule has 2 aromatic rings. The minimum Gasteiger partial charge on any atom is -0.207 e. The van der Waals surface area contributed by atoms with E-state index in [4.69, 9.17) is 0 Å². The van der Waals surface area contributed by atoms with E-state index in [9.17, 15) is 8.78 Å². The van der Waals surface area contributed by atoms with Gasteiger partial charge in [-0.3, -0.25) is 0 Å². The van der Waals surface area contributed by atoms with Crippen molar-refractivity contribution in [2.24, 2.45) is 0 Å². The molecule has 1 unspecified atom stereocenters. The average molecular weight is 359 g/mol. The molecule has 4 heteroatoms. The van der Waals surface area contributed by atoms with Gasteiger partial charge in [-0.1, -0.05) is 42.8 Å². The van der Waals surface area contributed by atoms with Crippen LogP contribution in [0.25, 0.3) is 0 Å². The second-order valence-corrected chi connectivity index (χ2v) is 8.04. The predicted molar refractivity (Wildman–Crippen MR) is 84.7 cm³/mol. The maximum atomic E-state index is 13.7. The molecule has 0 nitrogen and oxygen atoms in total. The molecule has 1 heterocycles. The molecule has 0 saturated carbocycles. The van der Waals surface area contributed by atoms with Gasteiger partial charge in [-0.15, -0.1) is 11.3 Å². The summed E-state index contributed by atoms with van der Waals surface area (Å²) in [5, 5.41) is 0. The van der Waals surface area contributed by atoms with Crippen LogP contribution >= 0.6 is 27.3 Å². The van der Waals surface area contributed by atoms with Gasteiger partial charge >= 0.3 is 0 Å². The molecule has 1 aromatic carbocycles. The van der Waals surface area contributed by atoms with Gasteiger partial charge in [0.1, 0.15) is 11.6 Å². The Labute approximate surface area is 131 Å². The molecule has 0 aliphatic heterocycles. The van der Waals surface area contributed by atoms with Gasteiger partial charge in [-0.25, -0.2) is 8.78 Å². The third kappa shape index (κ3) is 3.47. The van der Waals surface area contributed by atoms with Gasteiger partial charge in [0.15, 0.2) is 0 Å². The van der Waals surface area contributed by atoms with Crippen LogP contribution < -0.4 is 0 Å². The van der Waals surface area contributed by atoms with E-state index in [1.807, 2.05) is 6.07 Å². The molecule has 0 N–H and O–H groups in total. The van der Waals surface area contributed by atoms with Gasteiger partial charge < -0.3 is 0 Å². The molecular formula is C16H17BrF2S. The van der Waals surface area contributed by atoms with Crippen molar-refractivity contribution < 1.29 is 8.78 Å². The van der Waals surface area contributed by atoms with Crippen molar-refractivity contribution in [2.75, 3.05) is 0 Å². The van der Waals surface area contributed by atoms with Gasteiger partial charge in [0.2, 0.25) is 0 Å². The summed E-state index contributed by atoms with van der Waals surface area (Å²) in [5.41, 5.74) is 0.235. The Morgan fingerprint density at radius 1 is 1.10 bits per heavy atom. The minimum atomic E-state index is -0.484. The van der Waals surface area contributed by atoms with E-state index in [0.29, 0.717) is 6.42 Å². The van der Waals surface area contributed by atoms with Crippen molar-refractivity contribution in [3.8, 4) is 0 Å². The van der Waals surface area contributed by atoms with Gasteiger partial charge in [-0.05, 0) is 36.1 Å². The van der Waals surface area contributed by atoms with Gasteiger partial charge in [0, 0.05) is 15.3 Å². The van der Waals surface area contributed by atoms with E-state index in [0.717, 1.165) is 4.88 Å². The van der Waals surface area contributed by atoms with Crippen LogP contribution in [0.4, 0.5) is 8.78 Å². The first-order valence-corrected chi connectivity index (χ1v) is 8.19. The molecule has 0 amide bonds. The second-order valence-electron chi connectivity index (χ2n) is 5.82. The van der Waals surface area contributed by atoms with Gasteiger partial charge in [0.05, 0.1) is 4.83 Å². The van der Waals surface area contributed by atoms with Crippen LogP contribution in [0.1, 0.15) is 40.9 Å². The van der Waals surface area contributed by atoms with Crippen molar-refractivity contribution in [1.29, 1.82) is 0 Å². The van der Waals surface area contributed by atoms with Crippen LogP contribution in [0.3, 0.4) is 0 Å². The topological polar surface area (TPSA) is 0 Å². The molecule has 1 atom stereocenters. The van der Waals surface area contributed by atoms with Crippen molar-refractivity contribution >= 4 is 27.3 Å². The molecule has 2 rings (SSSR count). The molecule has 1 aromatic heterocycles. The Bertz CT molecular complexity index is 579.